The molecular formula is C12H16N2O3. The Morgan fingerprint density at radius 3 is 2.65 bits per heavy atom. The van der Waals surface area contributed by atoms with Crippen molar-refractivity contribution in [1.82, 2.24) is 5.32 Å². The number of aliphatic hydroxyl groups excluding tert-OH is 1. The number of carbonyl (C=O) groups is 2. The van der Waals surface area contributed by atoms with E-state index in [1.807, 2.05) is 19.9 Å². The van der Waals surface area contributed by atoms with Crippen LogP contribution in [0.3, 0.4) is 0 Å². The van der Waals surface area contributed by atoms with Gasteiger partial charge in [-0.2, -0.15) is 0 Å². The van der Waals surface area contributed by atoms with Crippen molar-refractivity contribution in [2.45, 2.75) is 20.0 Å². The second-order valence-electron chi connectivity index (χ2n) is 3.88. The van der Waals surface area contributed by atoms with Crippen molar-refractivity contribution < 1.29 is 14.7 Å². The van der Waals surface area contributed by atoms with E-state index in [9.17, 15) is 9.59 Å². The van der Waals surface area contributed by atoms with Gasteiger partial charge in [-0.15, -0.1) is 0 Å². The van der Waals surface area contributed by atoms with E-state index in [2.05, 4.69) is 5.32 Å². The SMILES string of the molecule is Cc1cccc(C(=O)NCC(O)C(N)=O)c1C. The lowest BCUT2D eigenvalue weighted by Gasteiger charge is -2.11. The second-order valence-corrected chi connectivity index (χ2v) is 3.88. The van der Waals surface area contributed by atoms with Crippen LogP contribution in [0.2, 0.25) is 0 Å². The van der Waals surface area contributed by atoms with E-state index in [0.717, 1.165) is 11.1 Å². The first-order valence-corrected chi connectivity index (χ1v) is 5.25. The van der Waals surface area contributed by atoms with Crippen LogP contribution in [0.4, 0.5) is 0 Å². The highest BCUT2D eigenvalue weighted by Crippen LogP contribution is 2.12. The predicted octanol–water partition coefficient (Wildman–Crippen LogP) is -0.121. The van der Waals surface area contributed by atoms with E-state index in [1.54, 1.807) is 12.1 Å². The first-order chi connectivity index (χ1) is 7.93. The van der Waals surface area contributed by atoms with Crippen LogP contribution in [0.15, 0.2) is 18.2 Å². The summed E-state index contributed by atoms with van der Waals surface area (Å²) in [6.07, 6.45) is -1.36. The van der Waals surface area contributed by atoms with Crippen molar-refractivity contribution in [1.29, 1.82) is 0 Å². The maximum atomic E-state index is 11.8. The highest BCUT2D eigenvalue weighted by Gasteiger charge is 2.14. The molecule has 1 rings (SSSR count). The number of nitrogens with two attached hydrogens (primary N) is 1. The molecule has 2 amide bonds. The van der Waals surface area contributed by atoms with Gasteiger partial charge in [0.25, 0.3) is 5.91 Å². The average molecular weight is 236 g/mol. The Hall–Kier alpha value is -1.88. The highest BCUT2D eigenvalue weighted by molar-refractivity contribution is 5.96. The van der Waals surface area contributed by atoms with Crippen molar-refractivity contribution in [2.24, 2.45) is 5.73 Å². The van der Waals surface area contributed by atoms with Crippen LogP contribution in [0.25, 0.3) is 0 Å². The molecular weight excluding hydrogens is 220 g/mol. The molecule has 1 aromatic rings. The van der Waals surface area contributed by atoms with E-state index in [-0.39, 0.29) is 12.5 Å². The van der Waals surface area contributed by atoms with Gasteiger partial charge in [-0.1, -0.05) is 12.1 Å². The first kappa shape index (κ1) is 13.2. The monoisotopic (exact) mass is 236 g/mol. The molecule has 0 fully saturated rings. The third-order valence-corrected chi connectivity index (χ3v) is 2.63. The Morgan fingerprint density at radius 1 is 1.41 bits per heavy atom. The average Bonchev–Trinajstić information content (AvgIpc) is 2.29. The molecule has 0 aliphatic heterocycles. The van der Waals surface area contributed by atoms with E-state index in [1.165, 1.54) is 0 Å². The van der Waals surface area contributed by atoms with Gasteiger partial charge in [-0.05, 0) is 31.0 Å². The molecule has 0 heterocycles. The largest absolute Gasteiger partial charge is 0.381 e. The van der Waals surface area contributed by atoms with Crippen LogP contribution in [0.1, 0.15) is 21.5 Å². The fourth-order valence-corrected chi connectivity index (χ4v) is 1.38. The lowest BCUT2D eigenvalue weighted by atomic mass is 10.0. The highest BCUT2D eigenvalue weighted by atomic mass is 16.3. The summed E-state index contributed by atoms with van der Waals surface area (Å²) in [4.78, 5) is 22.4. The molecule has 0 spiro atoms. The van der Waals surface area contributed by atoms with Gasteiger partial charge < -0.3 is 16.2 Å². The Balaban J connectivity index is 2.71. The van der Waals surface area contributed by atoms with E-state index < -0.39 is 12.0 Å². The Bertz CT molecular complexity index is 443. The molecule has 0 radical (unpaired) electrons. The van der Waals surface area contributed by atoms with Gasteiger partial charge in [0.1, 0.15) is 6.10 Å². The van der Waals surface area contributed by atoms with Crippen molar-refractivity contribution in [3.63, 3.8) is 0 Å². The Kier molecular flexibility index (Phi) is 4.23. The number of primary amides is 1. The van der Waals surface area contributed by atoms with Crippen LogP contribution < -0.4 is 11.1 Å². The summed E-state index contributed by atoms with van der Waals surface area (Å²) < 4.78 is 0. The van der Waals surface area contributed by atoms with Gasteiger partial charge in [-0.3, -0.25) is 9.59 Å². The summed E-state index contributed by atoms with van der Waals surface area (Å²) in [6, 6.07) is 5.38. The second kappa shape index (κ2) is 5.45. The zero-order valence-corrected chi connectivity index (χ0v) is 9.86. The third kappa shape index (κ3) is 3.29. The fourth-order valence-electron chi connectivity index (χ4n) is 1.38. The molecule has 4 N–H and O–H groups in total. The van der Waals surface area contributed by atoms with Crippen molar-refractivity contribution in [2.75, 3.05) is 6.54 Å². The molecule has 1 unspecified atom stereocenters. The van der Waals surface area contributed by atoms with Crippen LogP contribution in [0, 0.1) is 13.8 Å². The number of carbonyl (C=O) groups excluding carboxylic acids is 2. The Labute approximate surface area is 99.6 Å². The minimum Gasteiger partial charge on any atom is -0.381 e. The molecule has 1 aromatic carbocycles. The van der Waals surface area contributed by atoms with Crippen molar-refractivity contribution >= 4 is 11.8 Å². The van der Waals surface area contributed by atoms with Crippen LogP contribution >= 0.6 is 0 Å². The molecule has 0 aliphatic rings. The standard InChI is InChI=1S/C12H16N2O3/c1-7-4-3-5-9(8(7)2)12(17)14-6-10(15)11(13)16/h3-5,10,15H,6H2,1-2H3,(H2,13,16)(H,14,17). The van der Waals surface area contributed by atoms with Gasteiger partial charge >= 0.3 is 0 Å². The molecule has 0 aliphatic carbocycles. The summed E-state index contributed by atoms with van der Waals surface area (Å²) in [7, 11) is 0. The van der Waals surface area contributed by atoms with Gasteiger partial charge in [0, 0.05) is 5.56 Å². The zero-order chi connectivity index (χ0) is 13.0. The number of aliphatic hydroxyl groups is 1. The molecule has 92 valence electrons. The van der Waals surface area contributed by atoms with E-state index in [4.69, 9.17) is 10.8 Å². The minimum atomic E-state index is -1.36. The maximum absolute atomic E-state index is 11.8. The maximum Gasteiger partial charge on any atom is 0.251 e. The Morgan fingerprint density at radius 2 is 2.06 bits per heavy atom. The number of hydrogen-bond acceptors (Lipinski definition) is 3. The summed E-state index contributed by atoms with van der Waals surface area (Å²) in [5.74, 6) is -1.18. The van der Waals surface area contributed by atoms with E-state index >= 15 is 0 Å². The first-order valence-electron chi connectivity index (χ1n) is 5.25. The quantitative estimate of drug-likeness (QED) is 0.680. The topological polar surface area (TPSA) is 92.4 Å². The molecule has 0 saturated heterocycles. The minimum absolute atomic E-state index is 0.179. The lowest BCUT2D eigenvalue weighted by molar-refractivity contribution is -0.125. The molecule has 5 heteroatoms. The molecule has 0 saturated carbocycles. The lowest BCUT2D eigenvalue weighted by Crippen LogP contribution is -2.40. The van der Waals surface area contributed by atoms with E-state index in [0.29, 0.717) is 5.56 Å². The number of amides is 2. The number of rotatable bonds is 4. The number of benzene rings is 1. The van der Waals surface area contributed by atoms with Gasteiger partial charge in [0.2, 0.25) is 5.91 Å². The smallest absolute Gasteiger partial charge is 0.251 e. The third-order valence-electron chi connectivity index (χ3n) is 2.63. The van der Waals surface area contributed by atoms with Crippen LogP contribution in [0.5, 0.6) is 0 Å². The molecule has 17 heavy (non-hydrogen) atoms. The molecule has 5 nitrogen and oxygen atoms in total. The van der Waals surface area contributed by atoms with Gasteiger partial charge in [0.15, 0.2) is 0 Å². The van der Waals surface area contributed by atoms with Crippen LogP contribution in [-0.2, 0) is 4.79 Å². The number of nitrogens with one attached hydrogen (secondary N) is 1. The number of aryl methyl sites for hydroxylation is 1. The normalized spacial score (nSPS) is 11.9. The van der Waals surface area contributed by atoms with Crippen molar-refractivity contribution in [3.8, 4) is 0 Å². The van der Waals surface area contributed by atoms with Gasteiger partial charge in [-0.25, -0.2) is 0 Å². The molecule has 1 atom stereocenters. The summed E-state index contributed by atoms with van der Waals surface area (Å²) in [5.41, 5.74) is 7.29. The molecule has 0 bridgehead atoms. The zero-order valence-electron chi connectivity index (χ0n) is 9.86. The predicted molar refractivity (Wildman–Crippen MR) is 63.5 cm³/mol. The summed E-state index contributed by atoms with van der Waals surface area (Å²) in [6.45, 7) is 3.57. The van der Waals surface area contributed by atoms with Gasteiger partial charge in [0.05, 0.1) is 6.54 Å². The number of hydrogen-bond donors (Lipinski definition) is 3. The van der Waals surface area contributed by atoms with Crippen molar-refractivity contribution in [3.05, 3.63) is 34.9 Å². The summed E-state index contributed by atoms with van der Waals surface area (Å²) in [5, 5.41) is 11.6. The molecule has 0 aromatic heterocycles. The fraction of sp³-hybridized carbons (Fsp3) is 0.333. The summed E-state index contributed by atoms with van der Waals surface area (Å²) >= 11 is 0. The van der Waals surface area contributed by atoms with Crippen LogP contribution in [-0.4, -0.2) is 29.6 Å².